The Kier molecular flexibility index (Phi) is 6.71. The first-order chi connectivity index (χ1) is 12.9. The molecule has 1 fully saturated rings. The molecule has 0 bridgehead atoms. The van der Waals surface area contributed by atoms with Crippen molar-refractivity contribution < 1.29 is 14.0 Å². The van der Waals surface area contributed by atoms with Gasteiger partial charge in [0.05, 0.1) is 13.2 Å². The number of nitrogens with zero attached hydrogens (tertiary/aromatic N) is 1. The SMILES string of the molecule is COc1ccc(N2C(=O)[C@H](O[Si](C(C)C)(C(C)C)C(C)C)[C@@H]2C(C)(C)C)cc1. The van der Waals surface area contributed by atoms with Gasteiger partial charge in [-0.1, -0.05) is 62.3 Å². The lowest BCUT2D eigenvalue weighted by molar-refractivity contribution is -0.139. The Labute approximate surface area is 172 Å². The predicted octanol–water partition coefficient (Wildman–Crippen LogP) is 6.02. The summed E-state index contributed by atoms with van der Waals surface area (Å²) in [7, 11) is -0.483. The lowest BCUT2D eigenvalue weighted by Crippen LogP contribution is -2.73. The molecule has 28 heavy (non-hydrogen) atoms. The second-order valence-corrected chi connectivity index (χ2v) is 15.5. The molecule has 0 spiro atoms. The first-order valence-corrected chi connectivity index (χ1v) is 12.7. The van der Waals surface area contributed by atoms with E-state index in [1.54, 1.807) is 7.11 Å². The maximum atomic E-state index is 13.3. The third-order valence-electron chi connectivity index (χ3n) is 6.32. The molecule has 0 N–H and O–H groups in total. The maximum absolute atomic E-state index is 13.3. The topological polar surface area (TPSA) is 38.8 Å². The minimum Gasteiger partial charge on any atom is -0.497 e. The highest BCUT2D eigenvalue weighted by Crippen LogP contribution is 2.48. The first-order valence-electron chi connectivity index (χ1n) is 10.5. The van der Waals surface area contributed by atoms with Gasteiger partial charge in [0.1, 0.15) is 11.9 Å². The molecule has 1 aromatic carbocycles. The van der Waals surface area contributed by atoms with Crippen molar-refractivity contribution in [2.75, 3.05) is 12.0 Å². The molecule has 0 unspecified atom stereocenters. The Morgan fingerprint density at radius 1 is 0.929 bits per heavy atom. The van der Waals surface area contributed by atoms with Crippen molar-refractivity contribution >= 4 is 19.9 Å². The van der Waals surface area contributed by atoms with E-state index in [1.165, 1.54) is 0 Å². The number of rotatable bonds is 7. The number of anilines is 1. The van der Waals surface area contributed by atoms with Crippen molar-refractivity contribution in [2.45, 2.75) is 91.1 Å². The van der Waals surface area contributed by atoms with Crippen molar-refractivity contribution in [1.82, 2.24) is 0 Å². The van der Waals surface area contributed by atoms with Gasteiger partial charge in [-0.25, -0.2) is 0 Å². The van der Waals surface area contributed by atoms with E-state index in [9.17, 15) is 4.79 Å². The molecule has 1 amide bonds. The fraction of sp³-hybridized carbons (Fsp3) is 0.696. The van der Waals surface area contributed by atoms with Crippen LogP contribution in [-0.2, 0) is 9.22 Å². The molecular formula is C23H39NO3Si. The molecule has 1 aliphatic rings. The summed E-state index contributed by atoms with van der Waals surface area (Å²) in [6.07, 6.45) is -0.360. The van der Waals surface area contributed by atoms with Gasteiger partial charge in [0.15, 0.2) is 0 Å². The Hall–Kier alpha value is -1.33. The van der Waals surface area contributed by atoms with Crippen LogP contribution in [-0.4, -0.2) is 33.5 Å². The molecule has 5 heteroatoms. The van der Waals surface area contributed by atoms with Crippen molar-refractivity contribution in [3.63, 3.8) is 0 Å². The van der Waals surface area contributed by atoms with Gasteiger partial charge in [0, 0.05) is 5.69 Å². The first kappa shape index (κ1) is 23.0. The number of benzene rings is 1. The molecule has 2 atom stereocenters. The van der Waals surface area contributed by atoms with Crippen LogP contribution in [0.4, 0.5) is 5.69 Å². The lowest BCUT2D eigenvalue weighted by atomic mass is 9.76. The molecule has 1 heterocycles. The lowest BCUT2D eigenvalue weighted by Gasteiger charge is -2.56. The Morgan fingerprint density at radius 3 is 1.75 bits per heavy atom. The van der Waals surface area contributed by atoms with Crippen molar-refractivity contribution in [2.24, 2.45) is 5.41 Å². The number of carbonyl (C=O) groups is 1. The molecule has 4 nitrogen and oxygen atoms in total. The van der Waals surface area contributed by atoms with Crippen molar-refractivity contribution in [3.05, 3.63) is 24.3 Å². The standard InChI is InChI=1S/C23H39NO3Si/c1-15(2)28(16(3)4,17(5)6)27-20-21(23(7,8)9)24(22(20)25)18-11-13-19(26-10)14-12-18/h11-17,20-21H,1-10H3/t20-,21-/m1/s1. The normalized spacial score (nSPS) is 20.9. The smallest absolute Gasteiger partial charge is 0.257 e. The van der Waals surface area contributed by atoms with E-state index < -0.39 is 8.32 Å². The number of hydrogen-bond acceptors (Lipinski definition) is 3. The van der Waals surface area contributed by atoms with Crippen molar-refractivity contribution in [1.29, 1.82) is 0 Å². The number of carbonyl (C=O) groups excluding carboxylic acids is 1. The summed E-state index contributed by atoms with van der Waals surface area (Å²) in [6, 6.07) is 7.77. The minimum absolute atomic E-state index is 0.0246. The average molecular weight is 406 g/mol. The van der Waals surface area contributed by atoms with Crippen LogP contribution in [0.15, 0.2) is 24.3 Å². The van der Waals surface area contributed by atoms with Gasteiger partial charge in [-0.15, -0.1) is 0 Å². The molecule has 1 aromatic rings. The van der Waals surface area contributed by atoms with E-state index in [-0.39, 0.29) is 23.5 Å². The van der Waals surface area contributed by atoms with Crippen LogP contribution in [0.1, 0.15) is 62.3 Å². The molecular weight excluding hydrogens is 366 g/mol. The molecule has 1 aliphatic heterocycles. The van der Waals surface area contributed by atoms with Gasteiger partial charge in [-0.05, 0) is 46.3 Å². The predicted molar refractivity (Wildman–Crippen MR) is 120 cm³/mol. The third-order valence-corrected chi connectivity index (χ3v) is 12.4. The van der Waals surface area contributed by atoms with Crippen LogP contribution in [0.25, 0.3) is 0 Å². The summed E-state index contributed by atoms with van der Waals surface area (Å²) in [6.45, 7) is 20.2. The van der Waals surface area contributed by atoms with E-state index in [0.717, 1.165) is 11.4 Å². The zero-order valence-corrected chi connectivity index (χ0v) is 20.4. The Balaban J connectivity index is 2.40. The summed E-state index contributed by atoms with van der Waals surface area (Å²) in [4.78, 5) is 15.2. The molecule has 1 saturated heterocycles. The highest BCUT2D eigenvalue weighted by molar-refractivity contribution is 6.77. The van der Waals surface area contributed by atoms with Gasteiger partial charge in [0.25, 0.3) is 5.91 Å². The van der Waals surface area contributed by atoms with Crippen LogP contribution in [0.3, 0.4) is 0 Å². The monoisotopic (exact) mass is 405 g/mol. The molecule has 158 valence electrons. The van der Waals surface area contributed by atoms with Crippen LogP contribution >= 0.6 is 0 Å². The molecule has 0 aliphatic carbocycles. The van der Waals surface area contributed by atoms with E-state index in [2.05, 4.69) is 62.3 Å². The summed E-state index contributed by atoms with van der Waals surface area (Å²) in [5.74, 6) is 0.881. The van der Waals surface area contributed by atoms with Gasteiger partial charge >= 0.3 is 0 Å². The van der Waals surface area contributed by atoms with Gasteiger partial charge < -0.3 is 14.1 Å². The summed E-state index contributed by atoms with van der Waals surface area (Å²) >= 11 is 0. The summed E-state index contributed by atoms with van der Waals surface area (Å²) in [5, 5.41) is 0. The third kappa shape index (κ3) is 3.88. The van der Waals surface area contributed by atoms with E-state index in [4.69, 9.17) is 9.16 Å². The maximum Gasteiger partial charge on any atom is 0.257 e. The number of hydrogen-bond donors (Lipinski definition) is 0. The Morgan fingerprint density at radius 2 is 1.39 bits per heavy atom. The van der Waals surface area contributed by atoms with Gasteiger partial charge in [0.2, 0.25) is 8.32 Å². The second-order valence-electron chi connectivity index (χ2n) is 10.1. The number of amides is 1. The van der Waals surface area contributed by atoms with E-state index in [0.29, 0.717) is 16.6 Å². The summed E-state index contributed by atoms with van der Waals surface area (Å²) in [5.41, 5.74) is 2.20. The van der Waals surface area contributed by atoms with Crippen LogP contribution in [0.2, 0.25) is 16.6 Å². The number of ether oxygens (including phenoxy) is 1. The fourth-order valence-corrected chi connectivity index (χ4v) is 10.6. The van der Waals surface area contributed by atoms with Gasteiger partial charge in [-0.3, -0.25) is 4.79 Å². The molecule has 0 radical (unpaired) electrons. The fourth-order valence-electron chi connectivity index (χ4n) is 5.08. The summed E-state index contributed by atoms with van der Waals surface area (Å²) < 4.78 is 12.2. The number of β-lactam (4-membered cyclic amide) rings is 1. The highest BCUT2D eigenvalue weighted by atomic mass is 28.4. The van der Waals surface area contributed by atoms with E-state index in [1.807, 2.05) is 29.2 Å². The molecule has 0 saturated carbocycles. The highest BCUT2D eigenvalue weighted by Gasteiger charge is 2.58. The van der Waals surface area contributed by atoms with Gasteiger partial charge in [-0.2, -0.15) is 0 Å². The van der Waals surface area contributed by atoms with Crippen LogP contribution in [0.5, 0.6) is 5.75 Å². The minimum atomic E-state index is -2.14. The number of methoxy groups -OCH3 is 1. The molecule has 0 aromatic heterocycles. The van der Waals surface area contributed by atoms with E-state index >= 15 is 0 Å². The second kappa shape index (κ2) is 8.19. The average Bonchev–Trinajstić information content (AvgIpc) is 2.58. The van der Waals surface area contributed by atoms with Crippen LogP contribution < -0.4 is 9.64 Å². The molecule has 2 rings (SSSR count). The van der Waals surface area contributed by atoms with Crippen LogP contribution in [0, 0.1) is 5.41 Å². The van der Waals surface area contributed by atoms with Crippen molar-refractivity contribution in [3.8, 4) is 5.75 Å². The zero-order valence-electron chi connectivity index (χ0n) is 19.4. The quantitative estimate of drug-likeness (QED) is 0.411. The zero-order chi connectivity index (χ0) is 21.4. The largest absolute Gasteiger partial charge is 0.497 e. The Bertz CT molecular complexity index is 654.